The zero-order valence-electron chi connectivity index (χ0n) is 11.6. The minimum atomic E-state index is -3.53. The van der Waals surface area contributed by atoms with Gasteiger partial charge < -0.3 is 15.2 Å². The Balaban J connectivity index is 2.13. The summed E-state index contributed by atoms with van der Waals surface area (Å²) in [6, 6.07) is 4.63. The zero-order valence-corrected chi connectivity index (χ0v) is 12.4. The summed E-state index contributed by atoms with van der Waals surface area (Å²) in [6.07, 6.45) is 1.56. The summed E-state index contributed by atoms with van der Waals surface area (Å²) in [5.41, 5.74) is 6.27. The molecule has 0 aliphatic heterocycles. The van der Waals surface area contributed by atoms with Gasteiger partial charge in [0.05, 0.1) is 18.1 Å². The van der Waals surface area contributed by atoms with Crippen LogP contribution in [0, 0.1) is 0 Å². The van der Waals surface area contributed by atoms with E-state index in [1.807, 2.05) is 0 Å². The summed E-state index contributed by atoms with van der Waals surface area (Å²) >= 11 is 0. The molecule has 7 heteroatoms. The van der Waals surface area contributed by atoms with Crippen LogP contribution >= 0.6 is 0 Å². The van der Waals surface area contributed by atoms with Crippen molar-refractivity contribution in [2.75, 3.05) is 14.2 Å². The van der Waals surface area contributed by atoms with Crippen molar-refractivity contribution in [2.24, 2.45) is 5.73 Å². The van der Waals surface area contributed by atoms with Gasteiger partial charge in [0, 0.05) is 25.3 Å². The van der Waals surface area contributed by atoms with E-state index in [0.717, 1.165) is 0 Å². The number of nitrogens with one attached hydrogen (secondary N) is 1. The maximum absolute atomic E-state index is 12.3. The second-order valence-corrected chi connectivity index (χ2v) is 6.54. The number of hydrogen-bond acceptors (Lipinski definition) is 5. The highest BCUT2D eigenvalue weighted by Crippen LogP contribution is 2.26. The molecule has 1 fully saturated rings. The molecule has 1 aromatic rings. The maximum atomic E-state index is 12.3. The highest BCUT2D eigenvalue weighted by atomic mass is 32.2. The first-order valence-electron chi connectivity index (χ1n) is 6.42. The van der Waals surface area contributed by atoms with Gasteiger partial charge in [-0.15, -0.1) is 0 Å². The molecule has 0 spiro atoms. The molecule has 0 aromatic heterocycles. The molecule has 0 radical (unpaired) electrons. The summed E-state index contributed by atoms with van der Waals surface area (Å²) in [4.78, 5) is 0.208. The lowest BCUT2D eigenvalue weighted by Gasteiger charge is -2.34. The Kier molecular flexibility index (Phi) is 4.64. The van der Waals surface area contributed by atoms with Crippen LogP contribution in [-0.2, 0) is 21.3 Å². The molecule has 0 unspecified atom stereocenters. The molecule has 0 saturated heterocycles. The Bertz CT molecular complexity index is 568. The normalized spacial score (nSPS) is 22.4. The van der Waals surface area contributed by atoms with Crippen molar-refractivity contribution >= 4 is 10.0 Å². The van der Waals surface area contributed by atoms with Crippen LogP contribution < -0.4 is 15.2 Å². The molecule has 6 nitrogen and oxygen atoms in total. The molecule has 3 N–H and O–H groups in total. The van der Waals surface area contributed by atoms with Gasteiger partial charge in [-0.3, -0.25) is 0 Å². The lowest BCUT2D eigenvalue weighted by atomic mass is 9.90. The van der Waals surface area contributed by atoms with Gasteiger partial charge in [-0.2, -0.15) is 0 Å². The minimum absolute atomic E-state index is 0.0617. The van der Waals surface area contributed by atoms with Gasteiger partial charge in [0.2, 0.25) is 10.0 Å². The van der Waals surface area contributed by atoms with Crippen LogP contribution in [0.15, 0.2) is 23.1 Å². The van der Waals surface area contributed by atoms with Gasteiger partial charge in [-0.25, -0.2) is 13.1 Å². The maximum Gasteiger partial charge on any atom is 0.240 e. The van der Waals surface area contributed by atoms with Gasteiger partial charge in [0.25, 0.3) is 0 Å². The minimum Gasteiger partial charge on any atom is -0.496 e. The predicted molar refractivity (Wildman–Crippen MR) is 75.0 cm³/mol. The van der Waals surface area contributed by atoms with Crippen molar-refractivity contribution in [3.05, 3.63) is 23.8 Å². The fourth-order valence-corrected chi connectivity index (χ4v) is 3.54. The molecule has 1 aliphatic carbocycles. The molecule has 0 amide bonds. The standard InChI is InChI=1S/C13H20N2O4S/c1-18-11-6-10(7-11)15-20(16,17)12-3-4-13(19-2)9(5-12)8-14/h3-5,10-11,15H,6-8,14H2,1-2H3. The van der Waals surface area contributed by atoms with E-state index in [1.54, 1.807) is 19.2 Å². The molecule has 0 atom stereocenters. The molecule has 0 bridgehead atoms. The molecular formula is C13H20N2O4S. The third kappa shape index (κ3) is 3.12. The largest absolute Gasteiger partial charge is 0.496 e. The summed E-state index contributed by atoms with van der Waals surface area (Å²) in [5, 5.41) is 0. The summed E-state index contributed by atoms with van der Waals surface area (Å²) in [7, 11) is -0.367. The summed E-state index contributed by atoms with van der Waals surface area (Å²) in [6.45, 7) is 0.224. The first-order valence-corrected chi connectivity index (χ1v) is 7.90. The Morgan fingerprint density at radius 1 is 1.35 bits per heavy atom. The average Bonchev–Trinajstić information content (AvgIpc) is 2.41. The van der Waals surface area contributed by atoms with Crippen molar-refractivity contribution < 1.29 is 17.9 Å². The quantitative estimate of drug-likeness (QED) is 0.803. The zero-order chi connectivity index (χ0) is 14.8. The number of ether oxygens (including phenoxy) is 2. The van der Waals surface area contributed by atoms with Crippen molar-refractivity contribution in [1.82, 2.24) is 4.72 Å². The third-order valence-electron chi connectivity index (χ3n) is 3.53. The SMILES string of the molecule is COc1ccc(S(=O)(=O)NC2CC(OC)C2)cc1CN. The Morgan fingerprint density at radius 3 is 2.60 bits per heavy atom. The van der Waals surface area contributed by atoms with E-state index in [0.29, 0.717) is 24.2 Å². The Hall–Kier alpha value is -1.15. The fourth-order valence-electron chi connectivity index (χ4n) is 2.22. The molecule has 1 aliphatic rings. The van der Waals surface area contributed by atoms with E-state index in [9.17, 15) is 8.42 Å². The van der Waals surface area contributed by atoms with Crippen LogP contribution in [-0.4, -0.2) is 34.8 Å². The van der Waals surface area contributed by atoms with Gasteiger partial charge >= 0.3 is 0 Å². The molecule has 2 rings (SSSR count). The van der Waals surface area contributed by atoms with Crippen LogP contribution in [0.2, 0.25) is 0 Å². The molecule has 1 saturated carbocycles. The number of sulfonamides is 1. The number of nitrogens with two attached hydrogens (primary N) is 1. The lowest BCUT2D eigenvalue weighted by Crippen LogP contribution is -2.47. The molecule has 0 heterocycles. The molecule has 112 valence electrons. The van der Waals surface area contributed by atoms with Crippen molar-refractivity contribution in [1.29, 1.82) is 0 Å². The highest BCUT2D eigenvalue weighted by Gasteiger charge is 2.32. The van der Waals surface area contributed by atoms with E-state index in [2.05, 4.69) is 4.72 Å². The number of rotatable bonds is 6. The monoisotopic (exact) mass is 300 g/mol. The van der Waals surface area contributed by atoms with E-state index in [4.69, 9.17) is 15.2 Å². The van der Waals surface area contributed by atoms with Crippen LogP contribution in [0.4, 0.5) is 0 Å². The first kappa shape index (κ1) is 15.2. The second kappa shape index (κ2) is 6.09. The second-order valence-electron chi connectivity index (χ2n) is 4.83. The predicted octanol–water partition coefficient (Wildman–Crippen LogP) is 0.610. The number of hydrogen-bond donors (Lipinski definition) is 2. The first-order chi connectivity index (χ1) is 9.50. The van der Waals surface area contributed by atoms with Gasteiger partial charge in [-0.05, 0) is 31.0 Å². The van der Waals surface area contributed by atoms with Crippen molar-refractivity contribution in [3.8, 4) is 5.75 Å². The van der Waals surface area contributed by atoms with Crippen LogP contribution in [0.25, 0.3) is 0 Å². The third-order valence-corrected chi connectivity index (χ3v) is 5.05. The van der Waals surface area contributed by atoms with Gasteiger partial charge in [0.1, 0.15) is 5.75 Å². The lowest BCUT2D eigenvalue weighted by molar-refractivity contribution is 0.0236. The van der Waals surface area contributed by atoms with Gasteiger partial charge in [-0.1, -0.05) is 0 Å². The molecular weight excluding hydrogens is 280 g/mol. The van der Waals surface area contributed by atoms with Crippen LogP contribution in [0.5, 0.6) is 5.75 Å². The van der Waals surface area contributed by atoms with E-state index in [1.165, 1.54) is 13.2 Å². The van der Waals surface area contributed by atoms with Crippen molar-refractivity contribution in [2.45, 2.75) is 36.4 Å². The topological polar surface area (TPSA) is 90.7 Å². The smallest absolute Gasteiger partial charge is 0.240 e. The van der Waals surface area contributed by atoms with Gasteiger partial charge in [0.15, 0.2) is 0 Å². The number of benzene rings is 1. The van der Waals surface area contributed by atoms with Crippen molar-refractivity contribution in [3.63, 3.8) is 0 Å². The highest BCUT2D eigenvalue weighted by molar-refractivity contribution is 7.89. The Labute approximate surface area is 119 Å². The fraction of sp³-hybridized carbons (Fsp3) is 0.538. The average molecular weight is 300 g/mol. The molecule has 1 aromatic carbocycles. The summed E-state index contributed by atoms with van der Waals surface area (Å²) < 4.78 is 37.5. The van der Waals surface area contributed by atoms with E-state index in [-0.39, 0.29) is 23.6 Å². The van der Waals surface area contributed by atoms with Crippen LogP contribution in [0.1, 0.15) is 18.4 Å². The Morgan fingerprint density at radius 2 is 2.05 bits per heavy atom. The van der Waals surface area contributed by atoms with E-state index >= 15 is 0 Å². The van der Waals surface area contributed by atoms with E-state index < -0.39 is 10.0 Å². The summed E-state index contributed by atoms with van der Waals surface area (Å²) in [5.74, 6) is 0.592. The number of methoxy groups -OCH3 is 2. The molecule has 20 heavy (non-hydrogen) atoms. The van der Waals surface area contributed by atoms with Crippen LogP contribution in [0.3, 0.4) is 0 Å².